The SMILES string of the molecule is C=CC(=O)N1C[C@H](OC(=O)CC(CC(=O)OCCCCCCCC)CC(=O)OCCCCCCCC)C[C@H]1CC. The van der Waals surface area contributed by atoms with E-state index in [4.69, 9.17) is 14.2 Å². The van der Waals surface area contributed by atoms with Crippen LogP contribution in [0.25, 0.3) is 0 Å². The molecule has 0 saturated carbocycles. The molecule has 1 fully saturated rings. The molecule has 1 amide bonds. The van der Waals surface area contributed by atoms with Gasteiger partial charge < -0.3 is 19.1 Å². The van der Waals surface area contributed by atoms with Gasteiger partial charge in [0, 0.05) is 31.7 Å². The summed E-state index contributed by atoms with van der Waals surface area (Å²) in [5.41, 5.74) is 0. The van der Waals surface area contributed by atoms with E-state index in [9.17, 15) is 19.2 Å². The molecule has 40 heavy (non-hydrogen) atoms. The fourth-order valence-corrected chi connectivity index (χ4v) is 5.15. The number of amides is 1. The van der Waals surface area contributed by atoms with Gasteiger partial charge in [0.1, 0.15) is 6.10 Å². The molecule has 1 aliphatic rings. The molecule has 1 saturated heterocycles. The highest BCUT2D eigenvalue weighted by atomic mass is 16.5. The molecule has 1 heterocycles. The number of unbranched alkanes of at least 4 members (excludes halogenated alkanes) is 10. The maximum absolute atomic E-state index is 12.8. The van der Waals surface area contributed by atoms with Crippen molar-refractivity contribution in [1.29, 1.82) is 0 Å². The molecule has 0 radical (unpaired) electrons. The second kappa shape index (κ2) is 22.3. The average molecular weight is 566 g/mol. The van der Waals surface area contributed by atoms with Gasteiger partial charge in [-0.2, -0.15) is 0 Å². The molecule has 0 spiro atoms. The Labute approximate surface area is 242 Å². The van der Waals surface area contributed by atoms with Crippen LogP contribution in [0.3, 0.4) is 0 Å². The van der Waals surface area contributed by atoms with Crippen LogP contribution in [-0.4, -0.2) is 60.6 Å². The van der Waals surface area contributed by atoms with Crippen LogP contribution in [-0.2, 0) is 33.4 Å². The Hall–Kier alpha value is -2.38. The first-order valence-corrected chi connectivity index (χ1v) is 15.8. The van der Waals surface area contributed by atoms with Gasteiger partial charge in [0.25, 0.3) is 0 Å². The van der Waals surface area contributed by atoms with Crippen molar-refractivity contribution < 1.29 is 33.4 Å². The molecule has 0 aromatic carbocycles. The van der Waals surface area contributed by atoms with Gasteiger partial charge in [0.05, 0.1) is 19.8 Å². The largest absolute Gasteiger partial charge is 0.466 e. The summed E-state index contributed by atoms with van der Waals surface area (Å²) in [4.78, 5) is 51.7. The van der Waals surface area contributed by atoms with E-state index in [0.717, 1.165) is 44.9 Å². The van der Waals surface area contributed by atoms with Gasteiger partial charge in [-0.3, -0.25) is 19.2 Å². The normalized spacial score (nSPS) is 16.6. The molecule has 0 aromatic rings. The number of ether oxygens (including phenoxy) is 3. The zero-order valence-corrected chi connectivity index (χ0v) is 25.5. The van der Waals surface area contributed by atoms with E-state index in [1.807, 2.05) is 6.92 Å². The minimum absolute atomic E-state index is 0.00648. The molecular weight excluding hydrogens is 510 g/mol. The van der Waals surface area contributed by atoms with Gasteiger partial charge in [-0.05, 0) is 31.3 Å². The van der Waals surface area contributed by atoms with Crippen molar-refractivity contribution in [2.45, 2.75) is 142 Å². The van der Waals surface area contributed by atoms with Crippen LogP contribution in [0.4, 0.5) is 0 Å². The minimum Gasteiger partial charge on any atom is -0.466 e. The van der Waals surface area contributed by atoms with Crippen molar-refractivity contribution in [3.63, 3.8) is 0 Å². The Balaban J connectivity index is 2.58. The second-order valence-electron chi connectivity index (χ2n) is 11.1. The lowest BCUT2D eigenvalue weighted by molar-refractivity contribution is -0.153. The summed E-state index contributed by atoms with van der Waals surface area (Å²) >= 11 is 0. The van der Waals surface area contributed by atoms with Crippen LogP contribution in [0.5, 0.6) is 0 Å². The maximum atomic E-state index is 12.8. The first-order chi connectivity index (χ1) is 19.3. The molecular formula is C32H55NO7. The van der Waals surface area contributed by atoms with Gasteiger partial charge in [-0.15, -0.1) is 0 Å². The fourth-order valence-electron chi connectivity index (χ4n) is 5.15. The van der Waals surface area contributed by atoms with Crippen LogP contribution in [0.15, 0.2) is 12.7 Å². The third-order valence-electron chi connectivity index (χ3n) is 7.49. The highest BCUT2D eigenvalue weighted by Crippen LogP contribution is 2.25. The Morgan fingerprint density at radius 2 is 1.23 bits per heavy atom. The maximum Gasteiger partial charge on any atom is 0.306 e. The molecule has 0 unspecified atom stereocenters. The monoisotopic (exact) mass is 565 g/mol. The molecule has 230 valence electrons. The Morgan fingerprint density at radius 3 is 1.70 bits per heavy atom. The molecule has 1 aliphatic heterocycles. The Bertz CT molecular complexity index is 722. The van der Waals surface area contributed by atoms with E-state index in [1.54, 1.807) is 4.90 Å². The summed E-state index contributed by atoms with van der Waals surface area (Å²) in [6, 6.07) is -0.00648. The quantitative estimate of drug-likeness (QED) is 0.0589. The van der Waals surface area contributed by atoms with Crippen molar-refractivity contribution in [3.8, 4) is 0 Å². The summed E-state index contributed by atoms with van der Waals surface area (Å²) in [5, 5.41) is 0. The molecule has 0 N–H and O–H groups in total. The van der Waals surface area contributed by atoms with Crippen LogP contribution in [0.1, 0.15) is 130 Å². The highest BCUT2D eigenvalue weighted by Gasteiger charge is 2.35. The third-order valence-corrected chi connectivity index (χ3v) is 7.49. The van der Waals surface area contributed by atoms with Crippen LogP contribution in [0.2, 0.25) is 0 Å². The summed E-state index contributed by atoms with van der Waals surface area (Å²) in [7, 11) is 0. The molecule has 8 nitrogen and oxygen atoms in total. The van der Waals surface area contributed by atoms with Gasteiger partial charge in [-0.25, -0.2) is 0 Å². The molecule has 1 rings (SSSR count). The third kappa shape index (κ3) is 16.0. The fraction of sp³-hybridized carbons (Fsp3) is 0.812. The van der Waals surface area contributed by atoms with E-state index >= 15 is 0 Å². The van der Waals surface area contributed by atoms with E-state index < -0.39 is 29.9 Å². The van der Waals surface area contributed by atoms with E-state index in [0.29, 0.717) is 26.2 Å². The minimum atomic E-state index is -0.559. The van der Waals surface area contributed by atoms with Gasteiger partial charge in [0.2, 0.25) is 5.91 Å². The van der Waals surface area contributed by atoms with Crippen molar-refractivity contribution in [3.05, 3.63) is 12.7 Å². The predicted octanol–water partition coefficient (Wildman–Crippen LogP) is 6.69. The lowest BCUT2D eigenvalue weighted by Crippen LogP contribution is -2.34. The number of carbonyl (C=O) groups excluding carboxylic acids is 4. The van der Waals surface area contributed by atoms with Crippen LogP contribution < -0.4 is 0 Å². The zero-order chi connectivity index (χ0) is 29.6. The highest BCUT2D eigenvalue weighted by molar-refractivity contribution is 5.87. The summed E-state index contributed by atoms with van der Waals surface area (Å²) in [5.74, 6) is -2.04. The number of hydrogen-bond acceptors (Lipinski definition) is 7. The van der Waals surface area contributed by atoms with Gasteiger partial charge in [0.15, 0.2) is 0 Å². The number of nitrogens with zero attached hydrogens (tertiary/aromatic N) is 1. The molecule has 0 aliphatic carbocycles. The number of rotatable bonds is 23. The van der Waals surface area contributed by atoms with Crippen molar-refractivity contribution >= 4 is 23.8 Å². The standard InChI is InChI=1S/C32H55NO7/c1-5-9-11-13-15-17-19-38-30(35)21-26(22-31(36)39-20-18-16-14-12-10-6-2)23-32(37)40-28-24-27(7-3)33(25-28)29(34)8-4/h8,26-28H,4-7,9-25H2,1-3H3/t27-,28-/m1/s1. The number of hydrogen-bond donors (Lipinski definition) is 0. The lowest BCUT2D eigenvalue weighted by atomic mass is 9.97. The Kier molecular flexibility index (Phi) is 19.9. The first kappa shape index (κ1) is 35.6. The number of carbonyl (C=O) groups is 4. The lowest BCUT2D eigenvalue weighted by Gasteiger charge is -2.21. The summed E-state index contributed by atoms with van der Waals surface area (Å²) < 4.78 is 16.5. The van der Waals surface area contributed by atoms with Crippen molar-refractivity contribution in [2.24, 2.45) is 5.92 Å². The number of likely N-dealkylation sites (tertiary alicyclic amines) is 1. The number of esters is 3. The van der Waals surface area contributed by atoms with Crippen molar-refractivity contribution in [2.75, 3.05) is 19.8 Å². The summed E-state index contributed by atoms with van der Waals surface area (Å²) in [6.45, 7) is 10.9. The first-order valence-electron chi connectivity index (χ1n) is 15.8. The van der Waals surface area contributed by atoms with E-state index in [-0.39, 0.29) is 31.2 Å². The van der Waals surface area contributed by atoms with Crippen LogP contribution >= 0.6 is 0 Å². The van der Waals surface area contributed by atoms with Crippen molar-refractivity contribution in [1.82, 2.24) is 4.90 Å². The second-order valence-corrected chi connectivity index (χ2v) is 11.1. The average Bonchev–Trinajstić information content (AvgIpc) is 3.34. The van der Waals surface area contributed by atoms with E-state index in [2.05, 4.69) is 20.4 Å². The predicted molar refractivity (Wildman–Crippen MR) is 156 cm³/mol. The smallest absolute Gasteiger partial charge is 0.306 e. The molecule has 0 aromatic heterocycles. The molecule has 0 bridgehead atoms. The van der Waals surface area contributed by atoms with E-state index in [1.165, 1.54) is 44.6 Å². The molecule has 2 atom stereocenters. The Morgan fingerprint density at radius 1 is 0.750 bits per heavy atom. The topological polar surface area (TPSA) is 99.2 Å². The zero-order valence-electron chi connectivity index (χ0n) is 25.5. The van der Waals surface area contributed by atoms with Crippen LogP contribution in [0, 0.1) is 5.92 Å². The summed E-state index contributed by atoms with van der Waals surface area (Å²) in [6.07, 6.45) is 15.1. The van der Waals surface area contributed by atoms with Gasteiger partial charge >= 0.3 is 17.9 Å². The molecule has 8 heteroatoms. The van der Waals surface area contributed by atoms with Gasteiger partial charge in [-0.1, -0.05) is 91.6 Å².